The number of benzene rings is 1. The molecule has 1 aliphatic heterocycles. The number of hydrogen-bond acceptors (Lipinski definition) is 5. The number of carbonyl (C=O) groups is 2. The first-order valence-electron chi connectivity index (χ1n) is 9.78. The molecule has 1 aromatic rings. The number of piperidine rings is 1. The number of likely N-dealkylation sites (tertiary alicyclic amines) is 1. The lowest BCUT2D eigenvalue weighted by atomic mass is 9.82. The molecule has 28 heavy (non-hydrogen) atoms. The van der Waals surface area contributed by atoms with Gasteiger partial charge >= 0.3 is 0 Å². The average Bonchev–Trinajstić information content (AvgIpc) is 2.70. The zero-order valence-corrected chi connectivity index (χ0v) is 17.3. The van der Waals surface area contributed by atoms with E-state index in [0.717, 1.165) is 5.56 Å². The first-order chi connectivity index (χ1) is 13.5. The lowest BCUT2D eigenvalue weighted by molar-refractivity contribution is -0.150. The standard InChI is InChI=1S/C21H32N2O5/c1-15(2)22(11-13-24)21(26)17-9-10-19(25)23(12-14-27-3)20(17)16-7-5-6-8-18(16)28-4/h5-8,15,17,20,24H,9-14H2,1-4H3/t17-,20+/m1/s1. The third-order valence-electron chi connectivity index (χ3n) is 5.26. The minimum atomic E-state index is -0.431. The molecule has 1 fully saturated rings. The molecule has 1 saturated heterocycles. The summed E-state index contributed by atoms with van der Waals surface area (Å²) >= 11 is 0. The molecule has 0 radical (unpaired) electrons. The van der Waals surface area contributed by atoms with E-state index in [1.165, 1.54) is 0 Å². The fourth-order valence-electron chi connectivity index (χ4n) is 3.90. The Morgan fingerprint density at radius 3 is 2.64 bits per heavy atom. The van der Waals surface area contributed by atoms with Crippen molar-refractivity contribution in [2.45, 2.75) is 38.8 Å². The molecule has 0 bridgehead atoms. The van der Waals surface area contributed by atoms with Gasteiger partial charge in [0.15, 0.2) is 0 Å². The van der Waals surface area contributed by atoms with Crippen LogP contribution in [0.1, 0.15) is 38.3 Å². The number of ether oxygens (including phenoxy) is 2. The molecule has 7 heteroatoms. The summed E-state index contributed by atoms with van der Waals surface area (Å²) in [4.78, 5) is 29.6. The van der Waals surface area contributed by atoms with Gasteiger partial charge in [0.25, 0.3) is 0 Å². The van der Waals surface area contributed by atoms with E-state index in [1.807, 2.05) is 38.1 Å². The van der Waals surface area contributed by atoms with Gasteiger partial charge in [-0.1, -0.05) is 18.2 Å². The monoisotopic (exact) mass is 392 g/mol. The predicted octanol–water partition coefficient (Wildman–Crippen LogP) is 1.85. The second-order valence-corrected chi connectivity index (χ2v) is 7.26. The SMILES string of the molecule is COCCN1C(=O)CC[C@@H](C(=O)N(CCO)C(C)C)[C@@H]1c1ccccc1OC. The molecule has 2 amide bonds. The maximum Gasteiger partial charge on any atom is 0.228 e. The second kappa shape index (κ2) is 10.4. The van der Waals surface area contributed by atoms with E-state index in [9.17, 15) is 14.7 Å². The fraction of sp³-hybridized carbons (Fsp3) is 0.619. The van der Waals surface area contributed by atoms with E-state index in [2.05, 4.69) is 0 Å². The number of rotatable bonds is 9. The van der Waals surface area contributed by atoms with Crippen LogP contribution in [0.3, 0.4) is 0 Å². The van der Waals surface area contributed by atoms with Crippen LogP contribution in [0.25, 0.3) is 0 Å². The normalized spacial score (nSPS) is 19.8. The molecular weight excluding hydrogens is 360 g/mol. The molecule has 0 unspecified atom stereocenters. The molecule has 1 aromatic carbocycles. The van der Waals surface area contributed by atoms with Gasteiger partial charge in [0.2, 0.25) is 11.8 Å². The Morgan fingerprint density at radius 2 is 2.04 bits per heavy atom. The third kappa shape index (κ3) is 4.83. The molecular formula is C21H32N2O5. The van der Waals surface area contributed by atoms with Gasteiger partial charge in [0.05, 0.1) is 32.3 Å². The molecule has 0 spiro atoms. The first kappa shape index (κ1) is 22.2. The number of methoxy groups -OCH3 is 2. The minimum absolute atomic E-state index is 0.00950. The van der Waals surface area contributed by atoms with Gasteiger partial charge in [-0.05, 0) is 26.3 Å². The smallest absolute Gasteiger partial charge is 0.228 e. The van der Waals surface area contributed by atoms with Crippen LogP contribution in [0, 0.1) is 5.92 Å². The molecule has 0 saturated carbocycles. The Hall–Kier alpha value is -2.12. The van der Waals surface area contributed by atoms with Gasteiger partial charge in [0.1, 0.15) is 5.75 Å². The van der Waals surface area contributed by atoms with Crippen molar-refractivity contribution in [3.63, 3.8) is 0 Å². The van der Waals surface area contributed by atoms with E-state index < -0.39 is 12.0 Å². The van der Waals surface area contributed by atoms with Gasteiger partial charge in [-0.2, -0.15) is 0 Å². The number of nitrogens with zero attached hydrogens (tertiary/aromatic N) is 2. The first-order valence-corrected chi connectivity index (χ1v) is 9.78. The summed E-state index contributed by atoms with van der Waals surface area (Å²) in [5.74, 6) is 0.214. The Bertz CT molecular complexity index is 664. The second-order valence-electron chi connectivity index (χ2n) is 7.26. The highest BCUT2D eigenvalue weighted by molar-refractivity contribution is 5.85. The molecule has 0 aromatic heterocycles. The highest BCUT2D eigenvalue weighted by Gasteiger charge is 2.43. The van der Waals surface area contributed by atoms with Gasteiger partial charge in [0, 0.05) is 38.2 Å². The molecule has 156 valence electrons. The van der Waals surface area contributed by atoms with Crippen LogP contribution in [-0.2, 0) is 14.3 Å². The molecule has 2 atom stereocenters. The van der Waals surface area contributed by atoms with Crippen molar-refractivity contribution in [2.24, 2.45) is 5.92 Å². The predicted molar refractivity (Wildman–Crippen MR) is 106 cm³/mol. The van der Waals surface area contributed by atoms with E-state index in [-0.39, 0.29) is 31.0 Å². The van der Waals surface area contributed by atoms with Crippen LogP contribution < -0.4 is 4.74 Å². The van der Waals surface area contributed by atoms with Crippen molar-refractivity contribution >= 4 is 11.8 Å². The van der Waals surface area contributed by atoms with Gasteiger partial charge in [-0.3, -0.25) is 9.59 Å². The van der Waals surface area contributed by atoms with Crippen LogP contribution in [0.2, 0.25) is 0 Å². The van der Waals surface area contributed by atoms with E-state index in [0.29, 0.717) is 31.7 Å². The lowest BCUT2D eigenvalue weighted by Gasteiger charge is -2.43. The number of hydrogen-bond donors (Lipinski definition) is 1. The van der Waals surface area contributed by atoms with E-state index in [4.69, 9.17) is 9.47 Å². The molecule has 2 rings (SSSR count). The average molecular weight is 392 g/mol. The third-order valence-corrected chi connectivity index (χ3v) is 5.26. The summed E-state index contributed by atoms with van der Waals surface area (Å²) in [7, 11) is 3.18. The highest BCUT2D eigenvalue weighted by atomic mass is 16.5. The summed E-state index contributed by atoms with van der Waals surface area (Å²) in [6.45, 7) is 4.84. The highest BCUT2D eigenvalue weighted by Crippen LogP contribution is 2.41. The van der Waals surface area contributed by atoms with Crippen LogP contribution in [0.4, 0.5) is 0 Å². The Balaban J connectivity index is 2.49. The van der Waals surface area contributed by atoms with Crippen LogP contribution >= 0.6 is 0 Å². The summed E-state index contributed by atoms with van der Waals surface area (Å²) in [6, 6.07) is 7.05. The largest absolute Gasteiger partial charge is 0.496 e. The molecule has 0 aliphatic carbocycles. The Kier molecular flexibility index (Phi) is 8.26. The maximum atomic E-state index is 13.4. The van der Waals surface area contributed by atoms with Crippen molar-refractivity contribution in [2.75, 3.05) is 40.5 Å². The van der Waals surface area contributed by atoms with Crippen molar-refractivity contribution in [1.29, 1.82) is 0 Å². The van der Waals surface area contributed by atoms with Crippen LogP contribution in [0.15, 0.2) is 24.3 Å². The van der Waals surface area contributed by atoms with Gasteiger partial charge < -0.3 is 24.4 Å². The number of para-hydroxylation sites is 1. The fourth-order valence-corrected chi connectivity index (χ4v) is 3.90. The Morgan fingerprint density at radius 1 is 1.32 bits per heavy atom. The van der Waals surface area contributed by atoms with Crippen molar-refractivity contribution in [3.8, 4) is 5.75 Å². The zero-order valence-electron chi connectivity index (χ0n) is 17.3. The summed E-state index contributed by atoms with van der Waals surface area (Å²) < 4.78 is 10.7. The number of carbonyl (C=O) groups excluding carboxylic acids is 2. The molecule has 1 N–H and O–H groups in total. The van der Waals surface area contributed by atoms with Crippen molar-refractivity contribution in [3.05, 3.63) is 29.8 Å². The quantitative estimate of drug-likeness (QED) is 0.694. The topological polar surface area (TPSA) is 79.3 Å². The van der Waals surface area contributed by atoms with Crippen LogP contribution in [0.5, 0.6) is 5.75 Å². The summed E-state index contributed by atoms with van der Waals surface area (Å²) in [5, 5.41) is 9.41. The number of amides is 2. The van der Waals surface area contributed by atoms with Crippen molar-refractivity contribution < 1.29 is 24.2 Å². The zero-order chi connectivity index (χ0) is 20.7. The summed E-state index contributed by atoms with van der Waals surface area (Å²) in [5.41, 5.74) is 0.820. The van der Waals surface area contributed by atoms with E-state index in [1.54, 1.807) is 24.0 Å². The summed E-state index contributed by atoms with van der Waals surface area (Å²) in [6.07, 6.45) is 0.787. The van der Waals surface area contributed by atoms with Crippen LogP contribution in [-0.4, -0.2) is 73.3 Å². The number of aliphatic hydroxyl groups excluding tert-OH is 1. The van der Waals surface area contributed by atoms with E-state index >= 15 is 0 Å². The van der Waals surface area contributed by atoms with Gasteiger partial charge in [-0.25, -0.2) is 0 Å². The molecule has 7 nitrogen and oxygen atoms in total. The molecule has 1 aliphatic rings. The maximum absolute atomic E-state index is 13.4. The lowest BCUT2D eigenvalue weighted by Crippen LogP contribution is -2.51. The molecule has 1 heterocycles. The van der Waals surface area contributed by atoms with Crippen molar-refractivity contribution in [1.82, 2.24) is 9.80 Å². The Labute approximate surface area is 167 Å². The number of aliphatic hydroxyl groups is 1. The minimum Gasteiger partial charge on any atom is -0.496 e. The van der Waals surface area contributed by atoms with Gasteiger partial charge in [-0.15, -0.1) is 0 Å².